The third kappa shape index (κ3) is 4.03. The molecule has 0 aliphatic rings. The molecule has 0 fully saturated rings. The number of aromatic nitrogens is 3. The third-order valence-electron chi connectivity index (χ3n) is 3.77. The Kier molecular flexibility index (Phi) is 5.73. The van der Waals surface area contributed by atoms with Crippen molar-refractivity contribution in [3.8, 4) is 22.8 Å². The predicted octanol–water partition coefficient (Wildman–Crippen LogP) is 3.73. The van der Waals surface area contributed by atoms with Crippen molar-refractivity contribution in [1.82, 2.24) is 14.8 Å². The van der Waals surface area contributed by atoms with Gasteiger partial charge >= 0.3 is 0 Å². The van der Waals surface area contributed by atoms with Gasteiger partial charge in [-0.25, -0.2) is 0 Å². The van der Waals surface area contributed by atoms with Crippen molar-refractivity contribution in [3.05, 3.63) is 54.1 Å². The summed E-state index contributed by atoms with van der Waals surface area (Å²) < 4.78 is 7.31. The maximum absolute atomic E-state index is 9.03. The highest BCUT2D eigenvalue weighted by Crippen LogP contribution is 2.29. The number of aliphatic hydroxyl groups is 1. The van der Waals surface area contributed by atoms with Gasteiger partial charge in [0.25, 0.3) is 0 Å². The Morgan fingerprint density at radius 3 is 2.60 bits per heavy atom. The van der Waals surface area contributed by atoms with E-state index in [1.54, 1.807) is 18.9 Å². The van der Waals surface area contributed by atoms with Crippen LogP contribution in [0.2, 0.25) is 0 Å². The van der Waals surface area contributed by atoms with E-state index >= 15 is 0 Å². The fraction of sp³-hybridized carbons (Fsp3) is 0.263. The van der Waals surface area contributed by atoms with E-state index in [9.17, 15) is 0 Å². The number of aryl methyl sites for hydroxylation is 1. The van der Waals surface area contributed by atoms with Crippen LogP contribution in [0.15, 0.2) is 53.7 Å². The lowest BCUT2D eigenvalue weighted by Gasteiger charge is -2.11. The van der Waals surface area contributed by atoms with E-state index in [1.165, 1.54) is 5.56 Å². The summed E-state index contributed by atoms with van der Waals surface area (Å²) in [5.74, 6) is 2.40. The molecular weight excluding hydrogens is 334 g/mol. The molecule has 6 heteroatoms. The molecule has 0 bridgehead atoms. The fourth-order valence-corrected chi connectivity index (χ4v) is 3.40. The molecule has 1 N–H and O–H groups in total. The fourth-order valence-electron chi connectivity index (χ4n) is 2.53. The monoisotopic (exact) mass is 355 g/mol. The SMILES string of the molecule is COc1ccc(-n2c(SCCCO)nnc2-c2cccc(C)c2)cc1. The van der Waals surface area contributed by atoms with Crippen LogP contribution < -0.4 is 4.74 Å². The van der Waals surface area contributed by atoms with Crippen LogP contribution in [0.1, 0.15) is 12.0 Å². The number of hydrogen-bond acceptors (Lipinski definition) is 5. The molecule has 5 nitrogen and oxygen atoms in total. The molecule has 0 spiro atoms. The highest BCUT2D eigenvalue weighted by Gasteiger charge is 2.16. The van der Waals surface area contributed by atoms with Crippen molar-refractivity contribution in [1.29, 1.82) is 0 Å². The maximum Gasteiger partial charge on any atom is 0.196 e. The average molecular weight is 355 g/mol. The average Bonchev–Trinajstić information content (AvgIpc) is 3.06. The molecule has 0 saturated heterocycles. The van der Waals surface area contributed by atoms with E-state index in [2.05, 4.69) is 33.8 Å². The molecular formula is C19H21N3O2S. The zero-order chi connectivity index (χ0) is 17.6. The molecule has 1 heterocycles. The van der Waals surface area contributed by atoms with Crippen molar-refractivity contribution in [2.24, 2.45) is 0 Å². The molecule has 0 aliphatic carbocycles. The summed E-state index contributed by atoms with van der Waals surface area (Å²) >= 11 is 1.59. The van der Waals surface area contributed by atoms with Crippen molar-refractivity contribution in [3.63, 3.8) is 0 Å². The number of rotatable bonds is 7. The molecule has 25 heavy (non-hydrogen) atoms. The summed E-state index contributed by atoms with van der Waals surface area (Å²) in [6, 6.07) is 16.1. The quantitative estimate of drug-likeness (QED) is 0.517. The Hall–Kier alpha value is -2.31. The summed E-state index contributed by atoms with van der Waals surface area (Å²) in [6.07, 6.45) is 0.722. The van der Waals surface area contributed by atoms with Gasteiger partial charge in [-0.1, -0.05) is 35.5 Å². The van der Waals surface area contributed by atoms with Crippen LogP contribution in [-0.4, -0.2) is 39.3 Å². The number of thioether (sulfide) groups is 1. The van der Waals surface area contributed by atoms with Crippen LogP contribution >= 0.6 is 11.8 Å². The van der Waals surface area contributed by atoms with E-state index in [4.69, 9.17) is 9.84 Å². The lowest BCUT2D eigenvalue weighted by molar-refractivity contribution is 0.296. The molecule has 0 aliphatic heterocycles. The molecule has 0 radical (unpaired) electrons. The first-order valence-electron chi connectivity index (χ1n) is 8.13. The number of methoxy groups -OCH3 is 1. The largest absolute Gasteiger partial charge is 0.497 e. The minimum atomic E-state index is 0.175. The van der Waals surface area contributed by atoms with E-state index in [0.29, 0.717) is 0 Å². The van der Waals surface area contributed by atoms with Crippen molar-refractivity contribution in [2.75, 3.05) is 19.5 Å². The molecule has 0 atom stereocenters. The van der Waals surface area contributed by atoms with Gasteiger partial charge in [-0.15, -0.1) is 10.2 Å². The summed E-state index contributed by atoms with van der Waals surface area (Å²) in [6.45, 7) is 2.24. The Morgan fingerprint density at radius 1 is 1.12 bits per heavy atom. The molecule has 1 aromatic heterocycles. The highest BCUT2D eigenvalue weighted by molar-refractivity contribution is 7.99. The summed E-state index contributed by atoms with van der Waals surface area (Å²) in [4.78, 5) is 0. The van der Waals surface area contributed by atoms with Crippen LogP contribution in [0.25, 0.3) is 17.1 Å². The van der Waals surface area contributed by atoms with Crippen LogP contribution in [0.4, 0.5) is 0 Å². The van der Waals surface area contributed by atoms with Gasteiger partial charge in [0.2, 0.25) is 0 Å². The number of hydrogen-bond donors (Lipinski definition) is 1. The second-order valence-corrected chi connectivity index (χ2v) is 6.70. The van der Waals surface area contributed by atoms with Crippen LogP contribution in [0.3, 0.4) is 0 Å². The minimum absolute atomic E-state index is 0.175. The van der Waals surface area contributed by atoms with Crippen LogP contribution in [0.5, 0.6) is 5.75 Å². The Bertz CT molecular complexity index is 831. The van der Waals surface area contributed by atoms with Gasteiger partial charge in [-0.05, 0) is 43.7 Å². The first-order valence-corrected chi connectivity index (χ1v) is 9.12. The number of benzene rings is 2. The van der Waals surface area contributed by atoms with Crippen molar-refractivity contribution >= 4 is 11.8 Å². The van der Waals surface area contributed by atoms with E-state index < -0.39 is 0 Å². The smallest absolute Gasteiger partial charge is 0.196 e. The molecule has 0 saturated carbocycles. The standard InChI is InChI=1S/C19H21N3O2S/c1-14-5-3-6-15(13-14)18-20-21-19(25-12-4-11-23)22(18)16-7-9-17(24-2)10-8-16/h3,5-10,13,23H,4,11-12H2,1-2H3. The summed E-state index contributed by atoms with van der Waals surface area (Å²) in [5.41, 5.74) is 3.18. The van der Waals surface area contributed by atoms with Crippen molar-refractivity contribution in [2.45, 2.75) is 18.5 Å². The first kappa shape index (κ1) is 17.5. The molecule has 130 valence electrons. The summed E-state index contributed by atoms with van der Waals surface area (Å²) in [7, 11) is 1.65. The normalized spacial score (nSPS) is 10.8. The number of aliphatic hydroxyl groups excluding tert-OH is 1. The van der Waals surface area contributed by atoms with E-state index in [1.807, 2.05) is 36.4 Å². The number of nitrogens with zero attached hydrogens (tertiary/aromatic N) is 3. The van der Waals surface area contributed by atoms with Crippen LogP contribution in [-0.2, 0) is 0 Å². The number of ether oxygens (including phenoxy) is 1. The Balaban J connectivity index is 2.05. The van der Waals surface area contributed by atoms with Gasteiger partial charge < -0.3 is 9.84 Å². The lowest BCUT2D eigenvalue weighted by atomic mass is 10.1. The third-order valence-corrected chi connectivity index (χ3v) is 4.79. The van der Waals surface area contributed by atoms with Gasteiger partial charge in [0.15, 0.2) is 11.0 Å². The molecule has 2 aromatic carbocycles. The van der Waals surface area contributed by atoms with Crippen LogP contribution in [0, 0.1) is 6.92 Å². The van der Waals surface area contributed by atoms with Gasteiger partial charge in [0, 0.05) is 23.6 Å². The van der Waals surface area contributed by atoms with Gasteiger partial charge in [-0.2, -0.15) is 0 Å². The Morgan fingerprint density at radius 2 is 1.92 bits per heavy atom. The second kappa shape index (κ2) is 8.18. The Labute approximate surface area is 151 Å². The van der Waals surface area contributed by atoms with Gasteiger partial charge in [0.05, 0.1) is 7.11 Å². The van der Waals surface area contributed by atoms with Gasteiger partial charge in [-0.3, -0.25) is 4.57 Å². The zero-order valence-electron chi connectivity index (χ0n) is 14.3. The zero-order valence-corrected chi connectivity index (χ0v) is 15.2. The minimum Gasteiger partial charge on any atom is -0.497 e. The van der Waals surface area contributed by atoms with Crippen molar-refractivity contribution < 1.29 is 9.84 Å². The lowest BCUT2D eigenvalue weighted by Crippen LogP contribution is -2.00. The molecule has 0 unspecified atom stereocenters. The highest BCUT2D eigenvalue weighted by atomic mass is 32.2. The topological polar surface area (TPSA) is 60.2 Å². The molecule has 0 amide bonds. The second-order valence-electron chi connectivity index (χ2n) is 5.63. The van der Waals surface area contributed by atoms with E-state index in [0.717, 1.165) is 40.2 Å². The molecule has 3 aromatic rings. The van der Waals surface area contributed by atoms with Gasteiger partial charge in [0.1, 0.15) is 5.75 Å². The van der Waals surface area contributed by atoms with E-state index in [-0.39, 0.29) is 6.61 Å². The maximum atomic E-state index is 9.03. The summed E-state index contributed by atoms with van der Waals surface area (Å²) in [5, 5.41) is 18.6. The predicted molar refractivity (Wildman–Crippen MR) is 101 cm³/mol. The first-order chi connectivity index (χ1) is 12.2. The molecule has 3 rings (SSSR count).